The Bertz CT molecular complexity index is 999. The van der Waals surface area contributed by atoms with E-state index < -0.39 is 11.6 Å². The molecule has 2 aromatic carbocycles. The second kappa shape index (κ2) is 8.49. The fourth-order valence-corrected chi connectivity index (χ4v) is 2.94. The lowest BCUT2D eigenvalue weighted by atomic mass is 10.1. The Morgan fingerprint density at radius 1 is 1.10 bits per heavy atom. The molecule has 0 amide bonds. The monoisotopic (exact) mass is 412 g/mol. The Labute approximate surface area is 175 Å². The van der Waals surface area contributed by atoms with Crippen molar-refractivity contribution in [2.75, 3.05) is 20.8 Å². The van der Waals surface area contributed by atoms with E-state index in [1.54, 1.807) is 70.4 Å². The van der Waals surface area contributed by atoms with Gasteiger partial charge in [-0.3, -0.25) is 4.79 Å². The summed E-state index contributed by atoms with van der Waals surface area (Å²) in [6.07, 6.45) is 1.60. The van der Waals surface area contributed by atoms with Crippen LogP contribution in [0.15, 0.2) is 42.2 Å². The average molecular weight is 412 g/mol. The Morgan fingerprint density at radius 3 is 2.53 bits per heavy atom. The quantitative estimate of drug-likeness (QED) is 0.523. The predicted molar refractivity (Wildman–Crippen MR) is 110 cm³/mol. The van der Waals surface area contributed by atoms with Gasteiger partial charge in [-0.25, -0.2) is 4.79 Å². The first-order chi connectivity index (χ1) is 14.2. The van der Waals surface area contributed by atoms with Gasteiger partial charge in [-0.15, -0.1) is 0 Å². The molecule has 0 saturated carbocycles. The Morgan fingerprint density at radius 2 is 1.87 bits per heavy atom. The summed E-state index contributed by atoms with van der Waals surface area (Å²) in [4.78, 5) is 24.5. The highest BCUT2D eigenvalue weighted by molar-refractivity contribution is 6.14. The van der Waals surface area contributed by atoms with Crippen molar-refractivity contribution in [3.8, 4) is 23.0 Å². The maximum Gasteiger partial charge on any atom is 0.344 e. The molecule has 0 bridgehead atoms. The molecule has 7 nitrogen and oxygen atoms in total. The van der Waals surface area contributed by atoms with E-state index in [2.05, 4.69) is 0 Å². The number of methoxy groups -OCH3 is 2. The summed E-state index contributed by atoms with van der Waals surface area (Å²) in [5.41, 5.74) is 0.469. The second-order valence-electron chi connectivity index (χ2n) is 7.56. The molecule has 0 saturated heterocycles. The molecule has 0 aliphatic carbocycles. The van der Waals surface area contributed by atoms with Crippen LogP contribution >= 0.6 is 0 Å². The molecule has 0 fully saturated rings. The minimum Gasteiger partial charge on any atom is -0.493 e. The zero-order chi connectivity index (χ0) is 21.9. The Kier molecular flexibility index (Phi) is 6.01. The lowest BCUT2D eigenvalue weighted by Gasteiger charge is -2.19. The first kappa shape index (κ1) is 21.2. The molecule has 1 aliphatic rings. The molecule has 2 aromatic rings. The number of allylic oxidation sites excluding steroid dienone is 1. The van der Waals surface area contributed by atoms with E-state index in [1.165, 1.54) is 7.11 Å². The molecule has 158 valence electrons. The van der Waals surface area contributed by atoms with Crippen LogP contribution in [0, 0.1) is 0 Å². The topological polar surface area (TPSA) is 80.3 Å². The normalized spacial score (nSPS) is 14.2. The van der Waals surface area contributed by atoms with Gasteiger partial charge in [0.1, 0.15) is 17.1 Å². The van der Waals surface area contributed by atoms with E-state index in [0.29, 0.717) is 34.1 Å². The number of hydrogen-bond acceptors (Lipinski definition) is 7. The standard InChI is InChI=1S/C23H24O7/c1-23(2,3)30-20(24)13-28-15-9-10-16-18(12-15)29-19(21(16)25)11-14-7-6-8-17(26-4)22(14)27-5/h6-12H,13H2,1-5H3/b19-11+. The molecule has 0 atom stereocenters. The summed E-state index contributed by atoms with van der Waals surface area (Å²) in [6.45, 7) is 5.11. The maximum absolute atomic E-state index is 12.7. The SMILES string of the molecule is COc1cccc(/C=C2/Oc3cc(OCC(=O)OC(C)(C)C)ccc3C2=O)c1OC. The molecule has 1 aliphatic heterocycles. The summed E-state index contributed by atoms with van der Waals surface area (Å²) < 4.78 is 27.1. The van der Waals surface area contributed by atoms with Crippen molar-refractivity contribution in [2.24, 2.45) is 0 Å². The molecule has 3 rings (SSSR count). The van der Waals surface area contributed by atoms with E-state index in [1.807, 2.05) is 0 Å². The number of benzene rings is 2. The zero-order valence-electron chi connectivity index (χ0n) is 17.6. The van der Waals surface area contributed by atoms with Gasteiger partial charge in [0.2, 0.25) is 5.78 Å². The van der Waals surface area contributed by atoms with Gasteiger partial charge in [-0.1, -0.05) is 12.1 Å². The highest BCUT2D eigenvalue weighted by Gasteiger charge is 2.28. The number of carbonyl (C=O) groups is 2. The fourth-order valence-electron chi connectivity index (χ4n) is 2.94. The van der Waals surface area contributed by atoms with Crippen LogP contribution in [0.1, 0.15) is 36.7 Å². The summed E-state index contributed by atoms with van der Waals surface area (Å²) >= 11 is 0. The lowest BCUT2D eigenvalue weighted by Crippen LogP contribution is -2.27. The number of Topliss-reactive ketones (excluding diaryl/α,β-unsaturated/α-hetero) is 1. The molecular weight excluding hydrogens is 388 g/mol. The van der Waals surface area contributed by atoms with Crippen LogP contribution in [0.2, 0.25) is 0 Å². The van der Waals surface area contributed by atoms with Gasteiger partial charge in [-0.05, 0) is 45.0 Å². The number of esters is 1. The third-order valence-corrected chi connectivity index (χ3v) is 4.14. The molecule has 0 aromatic heterocycles. The number of hydrogen-bond donors (Lipinski definition) is 0. The molecule has 7 heteroatoms. The zero-order valence-corrected chi connectivity index (χ0v) is 17.6. The molecule has 30 heavy (non-hydrogen) atoms. The van der Waals surface area contributed by atoms with Gasteiger partial charge < -0.3 is 23.7 Å². The van der Waals surface area contributed by atoms with Crippen molar-refractivity contribution in [2.45, 2.75) is 26.4 Å². The molecule has 0 N–H and O–H groups in total. The second-order valence-corrected chi connectivity index (χ2v) is 7.56. The molecule has 0 spiro atoms. The van der Waals surface area contributed by atoms with Crippen molar-refractivity contribution in [3.63, 3.8) is 0 Å². The highest BCUT2D eigenvalue weighted by Crippen LogP contribution is 2.37. The maximum atomic E-state index is 12.7. The van der Waals surface area contributed by atoms with Gasteiger partial charge in [0.25, 0.3) is 0 Å². The summed E-state index contributed by atoms with van der Waals surface area (Å²) in [6, 6.07) is 10.1. The number of carbonyl (C=O) groups excluding carboxylic acids is 2. The summed E-state index contributed by atoms with van der Waals surface area (Å²) in [5, 5.41) is 0. The Hall–Kier alpha value is -3.48. The van der Waals surface area contributed by atoms with Crippen molar-refractivity contribution < 1.29 is 33.3 Å². The van der Waals surface area contributed by atoms with E-state index >= 15 is 0 Å². The van der Waals surface area contributed by atoms with Crippen LogP contribution in [0.4, 0.5) is 0 Å². The van der Waals surface area contributed by atoms with Crippen LogP contribution in [0.3, 0.4) is 0 Å². The largest absolute Gasteiger partial charge is 0.493 e. The van der Waals surface area contributed by atoms with Crippen molar-refractivity contribution >= 4 is 17.8 Å². The minimum atomic E-state index is -0.589. The van der Waals surface area contributed by atoms with Crippen molar-refractivity contribution in [1.82, 2.24) is 0 Å². The summed E-state index contributed by atoms with van der Waals surface area (Å²) in [5.74, 6) is 1.22. The van der Waals surface area contributed by atoms with Crippen LogP contribution in [0.5, 0.6) is 23.0 Å². The number of ketones is 1. The van der Waals surface area contributed by atoms with E-state index in [-0.39, 0.29) is 18.1 Å². The number of ether oxygens (including phenoxy) is 5. The van der Waals surface area contributed by atoms with E-state index in [0.717, 1.165) is 0 Å². The number of rotatable bonds is 6. The van der Waals surface area contributed by atoms with Crippen molar-refractivity contribution in [3.05, 3.63) is 53.3 Å². The van der Waals surface area contributed by atoms with Crippen LogP contribution in [-0.4, -0.2) is 38.2 Å². The van der Waals surface area contributed by atoms with Crippen LogP contribution in [-0.2, 0) is 9.53 Å². The molecular formula is C23H24O7. The lowest BCUT2D eigenvalue weighted by molar-refractivity contribution is -0.157. The number of para-hydroxylation sites is 1. The van der Waals surface area contributed by atoms with E-state index in [9.17, 15) is 9.59 Å². The Balaban J connectivity index is 1.77. The fraction of sp³-hybridized carbons (Fsp3) is 0.304. The molecule has 0 radical (unpaired) electrons. The van der Waals surface area contributed by atoms with Gasteiger partial charge in [-0.2, -0.15) is 0 Å². The highest BCUT2D eigenvalue weighted by atomic mass is 16.6. The predicted octanol–water partition coefficient (Wildman–Crippen LogP) is 4.04. The van der Waals surface area contributed by atoms with Gasteiger partial charge in [0, 0.05) is 11.6 Å². The smallest absolute Gasteiger partial charge is 0.344 e. The first-order valence-corrected chi connectivity index (χ1v) is 9.36. The van der Waals surface area contributed by atoms with Crippen LogP contribution in [0.25, 0.3) is 6.08 Å². The third kappa shape index (κ3) is 4.74. The van der Waals surface area contributed by atoms with Crippen LogP contribution < -0.4 is 18.9 Å². The first-order valence-electron chi connectivity index (χ1n) is 9.36. The average Bonchev–Trinajstić information content (AvgIpc) is 2.99. The third-order valence-electron chi connectivity index (χ3n) is 4.14. The minimum absolute atomic E-state index is 0.154. The van der Waals surface area contributed by atoms with E-state index in [4.69, 9.17) is 23.7 Å². The van der Waals surface area contributed by atoms with Gasteiger partial charge in [0.05, 0.1) is 19.8 Å². The van der Waals surface area contributed by atoms with Gasteiger partial charge in [0.15, 0.2) is 23.9 Å². The summed E-state index contributed by atoms with van der Waals surface area (Å²) in [7, 11) is 3.07. The number of fused-ring (bicyclic) bond motifs is 1. The molecule has 0 unspecified atom stereocenters. The van der Waals surface area contributed by atoms with Gasteiger partial charge >= 0.3 is 5.97 Å². The van der Waals surface area contributed by atoms with Crippen molar-refractivity contribution in [1.29, 1.82) is 0 Å². The molecule has 1 heterocycles.